The quantitative estimate of drug-likeness (QED) is 0.688. The Hall–Kier alpha value is -1.85. The molecule has 0 aliphatic heterocycles. The number of fused-ring (bicyclic) bond motifs is 1. The second kappa shape index (κ2) is 5.50. The number of imidazole rings is 1. The number of benzene rings is 1. The van der Waals surface area contributed by atoms with Crippen molar-refractivity contribution >= 4 is 34.4 Å². The zero-order valence-corrected chi connectivity index (χ0v) is 12.9. The molecule has 21 heavy (non-hydrogen) atoms. The van der Waals surface area contributed by atoms with Gasteiger partial charge < -0.3 is 4.74 Å². The Balaban J connectivity index is 2.36. The SMILES string of the molecule is COc1ncnc2c1nc(C(C)Cl)n2-c1cccc(Cl)c1. The number of methoxy groups -OCH3 is 1. The second-order valence-electron chi connectivity index (χ2n) is 4.46. The van der Waals surface area contributed by atoms with Gasteiger partial charge in [-0.15, -0.1) is 11.6 Å². The number of nitrogens with zero attached hydrogens (tertiary/aromatic N) is 4. The Morgan fingerprint density at radius 3 is 2.76 bits per heavy atom. The van der Waals surface area contributed by atoms with Gasteiger partial charge in [0.25, 0.3) is 0 Å². The van der Waals surface area contributed by atoms with Gasteiger partial charge in [0.1, 0.15) is 12.2 Å². The van der Waals surface area contributed by atoms with Gasteiger partial charge in [0.15, 0.2) is 11.2 Å². The van der Waals surface area contributed by atoms with Gasteiger partial charge in [0.05, 0.1) is 18.2 Å². The van der Waals surface area contributed by atoms with Gasteiger partial charge >= 0.3 is 0 Å². The van der Waals surface area contributed by atoms with Crippen LogP contribution in [0.4, 0.5) is 0 Å². The van der Waals surface area contributed by atoms with Crippen LogP contribution in [0.1, 0.15) is 18.1 Å². The molecule has 0 saturated carbocycles. The molecule has 0 amide bonds. The number of rotatable bonds is 3. The van der Waals surface area contributed by atoms with Crippen LogP contribution >= 0.6 is 23.2 Å². The van der Waals surface area contributed by atoms with Gasteiger partial charge in [-0.1, -0.05) is 17.7 Å². The van der Waals surface area contributed by atoms with Gasteiger partial charge in [0.2, 0.25) is 5.88 Å². The first kappa shape index (κ1) is 14.1. The van der Waals surface area contributed by atoms with Crippen LogP contribution in [-0.2, 0) is 0 Å². The van der Waals surface area contributed by atoms with Crippen molar-refractivity contribution in [2.45, 2.75) is 12.3 Å². The van der Waals surface area contributed by atoms with E-state index >= 15 is 0 Å². The summed E-state index contributed by atoms with van der Waals surface area (Å²) in [4.78, 5) is 12.9. The first-order valence-electron chi connectivity index (χ1n) is 6.29. The maximum atomic E-state index is 6.26. The van der Waals surface area contributed by atoms with E-state index in [0.29, 0.717) is 27.9 Å². The average Bonchev–Trinajstić information content (AvgIpc) is 2.86. The van der Waals surface area contributed by atoms with E-state index < -0.39 is 0 Å². The minimum absolute atomic E-state index is 0.303. The van der Waals surface area contributed by atoms with Crippen molar-refractivity contribution in [3.63, 3.8) is 0 Å². The van der Waals surface area contributed by atoms with Crippen molar-refractivity contribution in [2.75, 3.05) is 7.11 Å². The molecule has 0 spiro atoms. The standard InChI is InChI=1S/C14H12Cl2N4O/c1-8(15)12-19-11-13(17-7-18-14(11)21-2)20(12)10-5-3-4-9(16)6-10/h3-8H,1-2H3. The van der Waals surface area contributed by atoms with E-state index in [1.807, 2.05) is 35.8 Å². The molecule has 0 bridgehead atoms. The summed E-state index contributed by atoms with van der Waals surface area (Å²) in [5, 5.41) is 0.325. The first-order chi connectivity index (χ1) is 10.1. The van der Waals surface area contributed by atoms with E-state index in [2.05, 4.69) is 15.0 Å². The van der Waals surface area contributed by atoms with Crippen LogP contribution < -0.4 is 4.74 Å². The minimum atomic E-state index is -0.303. The summed E-state index contributed by atoms with van der Waals surface area (Å²) < 4.78 is 7.10. The van der Waals surface area contributed by atoms with Crippen molar-refractivity contribution in [1.29, 1.82) is 0 Å². The number of hydrogen-bond donors (Lipinski definition) is 0. The lowest BCUT2D eigenvalue weighted by molar-refractivity contribution is 0.401. The van der Waals surface area contributed by atoms with Crippen LogP contribution in [0.2, 0.25) is 5.02 Å². The minimum Gasteiger partial charge on any atom is -0.479 e. The van der Waals surface area contributed by atoms with E-state index in [-0.39, 0.29) is 5.38 Å². The zero-order valence-electron chi connectivity index (χ0n) is 11.4. The molecule has 0 radical (unpaired) electrons. The number of alkyl halides is 1. The molecule has 0 aliphatic rings. The Morgan fingerprint density at radius 1 is 1.29 bits per heavy atom. The van der Waals surface area contributed by atoms with Crippen LogP contribution in [0.5, 0.6) is 5.88 Å². The lowest BCUT2D eigenvalue weighted by atomic mass is 10.3. The summed E-state index contributed by atoms with van der Waals surface area (Å²) >= 11 is 12.3. The molecule has 1 atom stereocenters. The molecule has 1 unspecified atom stereocenters. The molecule has 108 valence electrons. The van der Waals surface area contributed by atoms with Gasteiger partial charge in [-0.05, 0) is 25.1 Å². The molecule has 3 aromatic rings. The van der Waals surface area contributed by atoms with Crippen molar-refractivity contribution in [3.05, 3.63) is 41.4 Å². The fourth-order valence-electron chi connectivity index (χ4n) is 2.17. The summed E-state index contributed by atoms with van der Waals surface area (Å²) in [6.07, 6.45) is 1.44. The van der Waals surface area contributed by atoms with Crippen molar-refractivity contribution in [3.8, 4) is 11.6 Å². The molecule has 0 N–H and O–H groups in total. The predicted molar refractivity (Wildman–Crippen MR) is 82.5 cm³/mol. The zero-order chi connectivity index (χ0) is 15.0. The highest BCUT2D eigenvalue weighted by molar-refractivity contribution is 6.30. The molecule has 0 saturated heterocycles. The Kier molecular flexibility index (Phi) is 3.69. The number of ether oxygens (including phenoxy) is 1. The third-order valence-corrected chi connectivity index (χ3v) is 3.48. The number of aromatic nitrogens is 4. The van der Waals surface area contributed by atoms with Crippen LogP contribution in [0, 0.1) is 0 Å². The maximum absolute atomic E-state index is 6.26. The highest BCUT2D eigenvalue weighted by Crippen LogP contribution is 2.30. The molecule has 7 heteroatoms. The van der Waals surface area contributed by atoms with Crippen LogP contribution in [-0.4, -0.2) is 26.6 Å². The number of hydrogen-bond acceptors (Lipinski definition) is 4. The normalized spacial score (nSPS) is 12.6. The van der Waals surface area contributed by atoms with Crippen molar-refractivity contribution in [2.24, 2.45) is 0 Å². The molecular formula is C14H12Cl2N4O. The molecule has 0 aliphatic carbocycles. The summed E-state index contributed by atoms with van der Waals surface area (Å²) in [7, 11) is 1.55. The lowest BCUT2D eigenvalue weighted by Gasteiger charge is -2.10. The summed E-state index contributed by atoms with van der Waals surface area (Å²) in [6.45, 7) is 1.85. The van der Waals surface area contributed by atoms with Crippen molar-refractivity contribution in [1.82, 2.24) is 19.5 Å². The topological polar surface area (TPSA) is 52.8 Å². The largest absolute Gasteiger partial charge is 0.479 e. The Morgan fingerprint density at radius 2 is 2.10 bits per heavy atom. The molecule has 0 fully saturated rings. The molecule has 2 aromatic heterocycles. The third kappa shape index (κ3) is 2.43. The molecule has 1 aromatic carbocycles. The van der Waals surface area contributed by atoms with E-state index in [1.54, 1.807) is 7.11 Å². The van der Waals surface area contributed by atoms with E-state index in [0.717, 1.165) is 5.69 Å². The molecule has 5 nitrogen and oxygen atoms in total. The van der Waals surface area contributed by atoms with Crippen LogP contribution in [0.25, 0.3) is 16.9 Å². The highest BCUT2D eigenvalue weighted by Gasteiger charge is 2.20. The van der Waals surface area contributed by atoms with Crippen molar-refractivity contribution < 1.29 is 4.74 Å². The Labute approximate surface area is 131 Å². The fraction of sp³-hybridized carbons (Fsp3) is 0.214. The Bertz CT molecular complexity index is 801. The van der Waals surface area contributed by atoms with E-state index in [9.17, 15) is 0 Å². The second-order valence-corrected chi connectivity index (χ2v) is 5.55. The van der Waals surface area contributed by atoms with Crippen LogP contribution in [0.15, 0.2) is 30.6 Å². The third-order valence-electron chi connectivity index (χ3n) is 3.05. The summed E-state index contributed by atoms with van der Waals surface area (Å²) in [5.41, 5.74) is 2.04. The van der Waals surface area contributed by atoms with E-state index in [4.69, 9.17) is 27.9 Å². The van der Waals surface area contributed by atoms with Gasteiger partial charge in [-0.25, -0.2) is 9.97 Å². The van der Waals surface area contributed by atoms with Crippen LogP contribution in [0.3, 0.4) is 0 Å². The highest BCUT2D eigenvalue weighted by atomic mass is 35.5. The summed E-state index contributed by atoms with van der Waals surface area (Å²) in [6, 6.07) is 7.43. The van der Waals surface area contributed by atoms with Gasteiger partial charge in [-0.3, -0.25) is 4.57 Å². The average molecular weight is 323 g/mol. The molecule has 2 heterocycles. The van der Waals surface area contributed by atoms with Gasteiger partial charge in [-0.2, -0.15) is 4.98 Å². The van der Waals surface area contributed by atoms with Gasteiger partial charge in [0, 0.05) is 5.02 Å². The maximum Gasteiger partial charge on any atom is 0.245 e. The lowest BCUT2D eigenvalue weighted by Crippen LogP contribution is -2.02. The number of halogens is 2. The fourth-order valence-corrected chi connectivity index (χ4v) is 2.51. The summed E-state index contributed by atoms with van der Waals surface area (Å²) in [5.74, 6) is 1.08. The molecular weight excluding hydrogens is 311 g/mol. The molecule has 3 rings (SSSR count). The van der Waals surface area contributed by atoms with E-state index in [1.165, 1.54) is 6.33 Å². The first-order valence-corrected chi connectivity index (χ1v) is 7.10. The smallest absolute Gasteiger partial charge is 0.245 e. The predicted octanol–water partition coefficient (Wildman–Crippen LogP) is 3.78. The monoisotopic (exact) mass is 322 g/mol.